The third kappa shape index (κ3) is 4.90. The number of methoxy groups -OCH3 is 2. The van der Waals surface area contributed by atoms with E-state index in [2.05, 4.69) is 10.6 Å². The summed E-state index contributed by atoms with van der Waals surface area (Å²) in [5, 5.41) is 5.66. The van der Waals surface area contributed by atoms with Crippen LogP contribution in [0.2, 0.25) is 0 Å². The molecule has 2 saturated carbocycles. The van der Waals surface area contributed by atoms with Crippen LogP contribution in [0, 0.1) is 5.92 Å². The van der Waals surface area contributed by atoms with Crippen LogP contribution in [0.3, 0.4) is 0 Å². The summed E-state index contributed by atoms with van der Waals surface area (Å²) in [5.41, 5.74) is 0.304. The second kappa shape index (κ2) is 9.82. The van der Waals surface area contributed by atoms with E-state index in [9.17, 15) is 24.0 Å². The number of carbonyl (C=O) groups excluding carboxylic acids is 5. The van der Waals surface area contributed by atoms with Gasteiger partial charge in [0, 0.05) is 17.6 Å². The van der Waals surface area contributed by atoms with Crippen LogP contribution in [0.1, 0.15) is 65.7 Å². The van der Waals surface area contributed by atoms with Gasteiger partial charge in [0.1, 0.15) is 6.04 Å². The lowest BCUT2D eigenvalue weighted by Gasteiger charge is -2.48. The number of hydrogen-bond acceptors (Lipinski definition) is 7. The van der Waals surface area contributed by atoms with E-state index in [1.165, 1.54) is 32.4 Å². The Hall–Kier alpha value is -3.43. The lowest BCUT2D eigenvalue weighted by atomic mass is 9.85. The topological polar surface area (TPSA) is 131 Å². The Labute approximate surface area is 197 Å². The molecule has 0 aromatic heterocycles. The van der Waals surface area contributed by atoms with Crippen LogP contribution in [0.5, 0.6) is 0 Å². The maximum Gasteiger partial charge on any atom is 0.337 e. The van der Waals surface area contributed by atoms with Crippen LogP contribution >= 0.6 is 0 Å². The zero-order valence-electron chi connectivity index (χ0n) is 19.3. The smallest absolute Gasteiger partial charge is 0.337 e. The maximum atomic E-state index is 13.1. The Morgan fingerprint density at radius 2 is 1.59 bits per heavy atom. The van der Waals surface area contributed by atoms with Crippen molar-refractivity contribution in [1.29, 1.82) is 0 Å². The second-order valence-corrected chi connectivity index (χ2v) is 9.04. The molecule has 34 heavy (non-hydrogen) atoms. The van der Waals surface area contributed by atoms with Gasteiger partial charge in [-0.2, -0.15) is 0 Å². The summed E-state index contributed by atoms with van der Waals surface area (Å²) in [7, 11) is 2.41. The summed E-state index contributed by atoms with van der Waals surface area (Å²) in [6.07, 6.45) is 4.97. The Bertz CT molecular complexity index is 986. The average Bonchev–Trinajstić information content (AvgIpc) is 3.68. The third-order valence-electron chi connectivity index (χ3n) is 6.67. The van der Waals surface area contributed by atoms with Crippen molar-refractivity contribution in [3.63, 3.8) is 0 Å². The van der Waals surface area contributed by atoms with Gasteiger partial charge in [-0.05, 0) is 43.9 Å². The number of nitrogens with one attached hydrogen (secondary N) is 2. The summed E-state index contributed by atoms with van der Waals surface area (Å²) in [4.78, 5) is 64.7. The molecular formula is C24H29N3O7. The number of benzene rings is 1. The SMILES string of the molecule is COC(=O)c1cc(NC(=O)C[C@@H]2C(=O)N[C@H]3CCCC[C@@H]3N2C(=O)C2CC2)cc(C(=O)OC)c1. The largest absolute Gasteiger partial charge is 0.465 e. The van der Waals surface area contributed by atoms with Crippen LogP contribution in [-0.4, -0.2) is 66.9 Å². The van der Waals surface area contributed by atoms with E-state index in [-0.39, 0.29) is 53.1 Å². The number of rotatable bonds is 6. The fraction of sp³-hybridized carbons (Fsp3) is 0.542. The van der Waals surface area contributed by atoms with E-state index in [1.54, 1.807) is 4.90 Å². The van der Waals surface area contributed by atoms with E-state index in [0.29, 0.717) is 0 Å². The standard InChI is InChI=1S/C24H29N3O7/c1-33-23(31)14-9-15(24(32)34-2)11-16(10-14)25-20(28)12-19-21(29)26-17-5-3-4-6-18(17)27(19)22(30)13-7-8-13/h9-11,13,17-19H,3-8,12H2,1-2H3,(H,25,28)(H,26,29)/t17-,18-,19+/m0/s1. The predicted octanol–water partition coefficient (Wildman–Crippen LogP) is 1.64. The molecule has 2 aliphatic carbocycles. The van der Waals surface area contributed by atoms with Gasteiger partial charge in [-0.1, -0.05) is 12.8 Å². The highest BCUT2D eigenvalue weighted by molar-refractivity contribution is 6.01. The number of piperazine rings is 1. The predicted molar refractivity (Wildman–Crippen MR) is 120 cm³/mol. The second-order valence-electron chi connectivity index (χ2n) is 9.04. The Kier molecular flexibility index (Phi) is 6.85. The minimum Gasteiger partial charge on any atom is -0.465 e. The Morgan fingerprint density at radius 3 is 2.18 bits per heavy atom. The molecule has 2 N–H and O–H groups in total. The zero-order valence-corrected chi connectivity index (χ0v) is 19.3. The molecule has 3 aliphatic rings. The molecule has 1 aromatic rings. The summed E-state index contributed by atoms with van der Waals surface area (Å²) >= 11 is 0. The van der Waals surface area contributed by atoms with Crippen molar-refractivity contribution in [2.45, 2.75) is 63.1 Å². The van der Waals surface area contributed by atoms with Gasteiger partial charge in [-0.25, -0.2) is 9.59 Å². The fourth-order valence-corrected chi connectivity index (χ4v) is 4.86. The minimum absolute atomic E-state index is 0.0507. The van der Waals surface area contributed by atoms with E-state index in [0.717, 1.165) is 38.5 Å². The van der Waals surface area contributed by atoms with Gasteiger partial charge in [-0.15, -0.1) is 0 Å². The van der Waals surface area contributed by atoms with Crippen LogP contribution in [0.15, 0.2) is 18.2 Å². The van der Waals surface area contributed by atoms with Gasteiger partial charge >= 0.3 is 11.9 Å². The molecule has 4 rings (SSSR count). The molecule has 1 heterocycles. The highest BCUT2D eigenvalue weighted by atomic mass is 16.5. The molecule has 3 fully saturated rings. The molecule has 182 valence electrons. The van der Waals surface area contributed by atoms with Crippen molar-refractivity contribution in [1.82, 2.24) is 10.2 Å². The first-order chi connectivity index (χ1) is 16.3. The van der Waals surface area contributed by atoms with E-state index in [1.807, 2.05) is 0 Å². The molecule has 0 radical (unpaired) electrons. The molecule has 3 atom stereocenters. The van der Waals surface area contributed by atoms with Crippen molar-refractivity contribution in [3.05, 3.63) is 29.3 Å². The van der Waals surface area contributed by atoms with Crippen LogP contribution in [0.25, 0.3) is 0 Å². The molecule has 1 aliphatic heterocycles. The Balaban J connectivity index is 1.55. The van der Waals surface area contributed by atoms with Gasteiger partial charge in [-0.3, -0.25) is 14.4 Å². The molecule has 1 aromatic carbocycles. The first kappa shape index (κ1) is 23.7. The number of esters is 2. The number of carbonyl (C=O) groups is 5. The Morgan fingerprint density at radius 1 is 0.971 bits per heavy atom. The van der Waals surface area contributed by atoms with E-state index < -0.39 is 23.9 Å². The molecule has 3 amide bonds. The van der Waals surface area contributed by atoms with E-state index >= 15 is 0 Å². The number of amides is 3. The quantitative estimate of drug-likeness (QED) is 0.603. The number of fused-ring (bicyclic) bond motifs is 1. The molecule has 10 heteroatoms. The van der Waals surface area contributed by atoms with E-state index in [4.69, 9.17) is 9.47 Å². The number of ether oxygens (including phenoxy) is 2. The first-order valence-corrected chi connectivity index (χ1v) is 11.6. The summed E-state index contributed by atoms with van der Waals surface area (Å²) < 4.78 is 9.44. The van der Waals surface area contributed by atoms with Gasteiger partial charge in [0.05, 0.1) is 37.8 Å². The van der Waals surface area contributed by atoms with Crippen LogP contribution < -0.4 is 10.6 Å². The highest BCUT2D eigenvalue weighted by Crippen LogP contribution is 2.37. The van der Waals surface area contributed by atoms with Crippen molar-refractivity contribution in [2.24, 2.45) is 5.92 Å². The monoisotopic (exact) mass is 471 g/mol. The summed E-state index contributed by atoms with van der Waals surface area (Å²) in [6.45, 7) is 0. The van der Waals surface area contributed by atoms with Gasteiger partial charge in [0.25, 0.3) is 0 Å². The van der Waals surface area contributed by atoms with Gasteiger partial charge in [0.15, 0.2) is 0 Å². The summed E-state index contributed by atoms with van der Waals surface area (Å²) in [6, 6.07) is 2.97. The molecule has 1 saturated heterocycles. The molecule has 0 unspecified atom stereocenters. The lowest BCUT2D eigenvalue weighted by Crippen LogP contribution is -2.68. The molecule has 0 spiro atoms. The van der Waals surface area contributed by atoms with Crippen molar-refractivity contribution < 1.29 is 33.4 Å². The van der Waals surface area contributed by atoms with Crippen molar-refractivity contribution in [3.8, 4) is 0 Å². The lowest BCUT2D eigenvalue weighted by molar-refractivity contribution is -0.152. The molecule has 0 bridgehead atoms. The average molecular weight is 472 g/mol. The van der Waals surface area contributed by atoms with Crippen molar-refractivity contribution >= 4 is 35.3 Å². The maximum absolute atomic E-state index is 13.1. The number of anilines is 1. The van der Waals surface area contributed by atoms with Gasteiger partial charge in [0.2, 0.25) is 17.7 Å². The summed E-state index contributed by atoms with van der Waals surface area (Å²) in [5.74, 6) is -2.33. The fourth-order valence-electron chi connectivity index (χ4n) is 4.86. The molecule has 10 nitrogen and oxygen atoms in total. The zero-order chi connectivity index (χ0) is 24.4. The minimum atomic E-state index is -0.906. The van der Waals surface area contributed by atoms with Crippen molar-refractivity contribution in [2.75, 3.05) is 19.5 Å². The normalized spacial score (nSPS) is 23.9. The molecular weight excluding hydrogens is 442 g/mol. The van der Waals surface area contributed by atoms with Crippen LogP contribution in [-0.2, 0) is 23.9 Å². The number of hydrogen-bond donors (Lipinski definition) is 2. The first-order valence-electron chi connectivity index (χ1n) is 11.6. The highest BCUT2D eigenvalue weighted by Gasteiger charge is 2.48. The van der Waals surface area contributed by atoms with Crippen LogP contribution in [0.4, 0.5) is 5.69 Å². The van der Waals surface area contributed by atoms with Gasteiger partial charge < -0.3 is 25.0 Å². The number of nitrogens with zero attached hydrogens (tertiary/aromatic N) is 1. The third-order valence-corrected chi connectivity index (χ3v) is 6.67.